The van der Waals surface area contributed by atoms with E-state index in [2.05, 4.69) is 35.8 Å². The van der Waals surface area contributed by atoms with Crippen molar-refractivity contribution >= 4 is 23.7 Å². The first-order valence-electron chi connectivity index (χ1n) is 7.95. The fourth-order valence-corrected chi connectivity index (χ4v) is 2.74. The molecule has 0 radical (unpaired) electrons. The fraction of sp³-hybridized carbons (Fsp3) is 0.444. The molecule has 1 aromatic heterocycles. The van der Waals surface area contributed by atoms with E-state index in [-0.39, 0.29) is 12.4 Å². The normalized spacial score (nSPS) is 10.2. The van der Waals surface area contributed by atoms with Crippen molar-refractivity contribution in [1.82, 2.24) is 5.32 Å². The molecule has 5 heteroatoms. The minimum atomic E-state index is 0. The van der Waals surface area contributed by atoms with Gasteiger partial charge in [0.15, 0.2) is 11.5 Å². The van der Waals surface area contributed by atoms with E-state index in [0.29, 0.717) is 13.2 Å². The second-order valence-corrected chi connectivity index (χ2v) is 6.14. The Hall–Kier alpha value is -1.23. The van der Waals surface area contributed by atoms with Gasteiger partial charge in [0.05, 0.1) is 6.61 Å². The molecule has 2 rings (SSSR count). The van der Waals surface area contributed by atoms with Crippen LogP contribution in [0.5, 0.6) is 11.5 Å². The number of ether oxygens (including phenoxy) is 2. The number of benzene rings is 1. The summed E-state index contributed by atoms with van der Waals surface area (Å²) in [4.78, 5) is 1.22. The van der Waals surface area contributed by atoms with Gasteiger partial charge in [-0.05, 0) is 49.0 Å². The van der Waals surface area contributed by atoms with Gasteiger partial charge in [0.25, 0.3) is 0 Å². The molecule has 0 saturated heterocycles. The Balaban J connectivity index is 0.00000264. The average molecular weight is 356 g/mol. The average Bonchev–Trinajstić information content (AvgIpc) is 3.04. The summed E-state index contributed by atoms with van der Waals surface area (Å²) in [5.41, 5.74) is 1.23. The van der Waals surface area contributed by atoms with Crippen LogP contribution in [-0.2, 0) is 13.2 Å². The highest BCUT2D eigenvalue weighted by atomic mass is 35.5. The lowest BCUT2D eigenvalue weighted by molar-refractivity contribution is 0.271. The number of hydrogen-bond acceptors (Lipinski definition) is 4. The Bertz CT molecular complexity index is 546. The van der Waals surface area contributed by atoms with Crippen LogP contribution in [0.1, 0.15) is 37.1 Å². The van der Waals surface area contributed by atoms with Gasteiger partial charge < -0.3 is 14.8 Å². The number of halogens is 1. The monoisotopic (exact) mass is 355 g/mol. The first-order chi connectivity index (χ1) is 10.8. The molecule has 0 atom stereocenters. The van der Waals surface area contributed by atoms with E-state index in [1.807, 2.05) is 19.1 Å². The predicted octanol–water partition coefficient (Wildman–Crippen LogP) is 5.04. The van der Waals surface area contributed by atoms with Crippen LogP contribution in [-0.4, -0.2) is 13.2 Å². The highest BCUT2D eigenvalue weighted by molar-refractivity contribution is 7.09. The van der Waals surface area contributed by atoms with E-state index in [4.69, 9.17) is 9.47 Å². The maximum atomic E-state index is 5.90. The quantitative estimate of drug-likeness (QED) is 0.606. The molecule has 1 heterocycles. The van der Waals surface area contributed by atoms with E-state index in [9.17, 15) is 0 Å². The van der Waals surface area contributed by atoms with Gasteiger partial charge in [-0.25, -0.2) is 0 Å². The smallest absolute Gasteiger partial charge is 0.161 e. The van der Waals surface area contributed by atoms with Crippen LogP contribution in [0.25, 0.3) is 0 Å². The van der Waals surface area contributed by atoms with Gasteiger partial charge in [-0.3, -0.25) is 0 Å². The molecule has 0 amide bonds. The van der Waals surface area contributed by atoms with Crippen molar-refractivity contribution in [2.45, 2.75) is 39.8 Å². The van der Waals surface area contributed by atoms with Crippen LogP contribution < -0.4 is 14.8 Å². The van der Waals surface area contributed by atoms with Gasteiger partial charge in [-0.1, -0.05) is 25.5 Å². The molecule has 2 aromatic rings. The largest absolute Gasteiger partial charge is 0.490 e. The lowest BCUT2D eigenvalue weighted by atomic mass is 10.2. The van der Waals surface area contributed by atoms with Crippen LogP contribution in [0.4, 0.5) is 0 Å². The van der Waals surface area contributed by atoms with Crippen LogP contribution in [0.15, 0.2) is 35.7 Å². The second kappa shape index (κ2) is 11.3. The molecule has 0 fully saturated rings. The van der Waals surface area contributed by atoms with Crippen LogP contribution >= 0.6 is 23.7 Å². The molecule has 0 spiro atoms. The first-order valence-corrected chi connectivity index (χ1v) is 8.83. The maximum absolute atomic E-state index is 5.90. The summed E-state index contributed by atoms with van der Waals surface area (Å²) in [6.45, 7) is 7.35. The molecule has 3 nitrogen and oxygen atoms in total. The van der Waals surface area contributed by atoms with E-state index in [1.54, 1.807) is 11.3 Å². The van der Waals surface area contributed by atoms with Crippen molar-refractivity contribution in [3.8, 4) is 11.5 Å². The number of unbranched alkanes of at least 4 members (excludes halogenated alkanes) is 1. The number of rotatable bonds is 10. The highest BCUT2D eigenvalue weighted by Crippen LogP contribution is 2.29. The lowest BCUT2D eigenvalue weighted by Crippen LogP contribution is -2.14. The second-order valence-electron chi connectivity index (χ2n) is 5.11. The zero-order chi connectivity index (χ0) is 15.6. The van der Waals surface area contributed by atoms with E-state index in [0.717, 1.165) is 24.6 Å². The molecule has 0 aliphatic carbocycles. The van der Waals surface area contributed by atoms with Gasteiger partial charge in [0.2, 0.25) is 0 Å². The SMILES string of the molecule is CCCCNCc1ccc(OCc2cccs2)c(OCC)c1.Cl. The summed E-state index contributed by atoms with van der Waals surface area (Å²) in [6, 6.07) is 10.3. The summed E-state index contributed by atoms with van der Waals surface area (Å²) >= 11 is 1.70. The third kappa shape index (κ3) is 6.81. The Morgan fingerprint density at radius 1 is 1.09 bits per heavy atom. The van der Waals surface area contributed by atoms with Crippen LogP contribution in [0.3, 0.4) is 0 Å². The van der Waals surface area contributed by atoms with Crippen LogP contribution in [0, 0.1) is 0 Å². The topological polar surface area (TPSA) is 30.5 Å². The van der Waals surface area contributed by atoms with Gasteiger partial charge in [0, 0.05) is 11.4 Å². The molecule has 23 heavy (non-hydrogen) atoms. The van der Waals surface area contributed by atoms with E-state index < -0.39 is 0 Å². The summed E-state index contributed by atoms with van der Waals surface area (Å²) < 4.78 is 11.6. The van der Waals surface area contributed by atoms with Gasteiger partial charge in [-0.2, -0.15) is 0 Å². The molecule has 0 aliphatic heterocycles. The Morgan fingerprint density at radius 3 is 2.65 bits per heavy atom. The molecular formula is C18H26ClNO2S. The summed E-state index contributed by atoms with van der Waals surface area (Å²) in [6.07, 6.45) is 2.42. The van der Waals surface area contributed by atoms with Gasteiger partial charge in [-0.15, -0.1) is 23.7 Å². The Morgan fingerprint density at radius 2 is 1.96 bits per heavy atom. The molecule has 1 aromatic carbocycles. The number of nitrogens with one attached hydrogen (secondary N) is 1. The zero-order valence-electron chi connectivity index (χ0n) is 13.8. The molecule has 0 bridgehead atoms. The van der Waals surface area contributed by atoms with Gasteiger partial charge in [0.1, 0.15) is 6.61 Å². The van der Waals surface area contributed by atoms with Crippen molar-refractivity contribution in [3.63, 3.8) is 0 Å². The van der Waals surface area contributed by atoms with E-state index in [1.165, 1.54) is 23.3 Å². The fourth-order valence-electron chi connectivity index (χ4n) is 2.13. The van der Waals surface area contributed by atoms with Crippen LogP contribution in [0.2, 0.25) is 0 Å². The van der Waals surface area contributed by atoms with Gasteiger partial charge >= 0.3 is 0 Å². The van der Waals surface area contributed by atoms with Crippen molar-refractivity contribution in [3.05, 3.63) is 46.2 Å². The number of hydrogen-bond donors (Lipinski definition) is 1. The third-order valence-electron chi connectivity index (χ3n) is 3.29. The lowest BCUT2D eigenvalue weighted by Gasteiger charge is -2.13. The third-order valence-corrected chi connectivity index (χ3v) is 4.14. The van der Waals surface area contributed by atoms with Crippen molar-refractivity contribution in [2.24, 2.45) is 0 Å². The number of thiophene rings is 1. The zero-order valence-corrected chi connectivity index (χ0v) is 15.5. The van der Waals surface area contributed by atoms with E-state index >= 15 is 0 Å². The minimum Gasteiger partial charge on any atom is -0.490 e. The predicted molar refractivity (Wildman–Crippen MR) is 100 cm³/mol. The van der Waals surface area contributed by atoms with Crippen molar-refractivity contribution in [1.29, 1.82) is 0 Å². The Kier molecular flexibility index (Phi) is 9.76. The first kappa shape index (κ1) is 19.8. The van der Waals surface area contributed by atoms with Crippen molar-refractivity contribution < 1.29 is 9.47 Å². The molecular weight excluding hydrogens is 330 g/mol. The Labute approximate surface area is 149 Å². The molecule has 0 saturated carbocycles. The molecule has 0 unspecified atom stereocenters. The molecule has 1 N–H and O–H groups in total. The molecule has 128 valence electrons. The summed E-state index contributed by atoms with van der Waals surface area (Å²) in [5, 5.41) is 5.51. The minimum absolute atomic E-state index is 0. The maximum Gasteiger partial charge on any atom is 0.161 e. The summed E-state index contributed by atoms with van der Waals surface area (Å²) in [5.74, 6) is 1.64. The molecule has 0 aliphatic rings. The van der Waals surface area contributed by atoms with Crippen molar-refractivity contribution in [2.75, 3.05) is 13.2 Å². The summed E-state index contributed by atoms with van der Waals surface area (Å²) in [7, 11) is 0. The standard InChI is InChI=1S/C18H25NO2S.ClH/c1-3-5-10-19-13-15-8-9-17(18(12-15)20-4-2)21-14-16-7-6-11-22-16;/h6-9,11-12,19H,3-5,10,13-14H2,1-2H3;1H. The highest BCUT2D eigenvalue weighted by Gasteiger charge is 2.07.